The van der Waals surface area contributed by atoms with E-state index >= 15 is 0 Å². The van der Waals surface area contributed by atoms with E-state index in [0.717, 1.165) is 12.8 Å². The first-order valence-electron chi connectivity index (χ1n) is 12.7. The van der Waals surface area contributed by atoms with Gasteiger partial charge >= 0.3 is 6.09 Å². The smallest absolute Gasteiger partial charge is 0.410 e. The van der Waals surface area contributed by atoms with Crippen molar-refractivity contribution in [2.24, 2.45) is 0 Å². The van der Waals surface area contributed by atoms with Gasteiger partial charge in [0.2, 0.25) is 5.91 Å². The van der Waals surface area contributed by atoms with Crippen LogP contribution in [0.3, 0.4) is 0 Å². The van der Waals surface area contributed by atoms with Crippen molar-refractivity contribution >= 4 is 12.0 Å². The number of carbonyl (C=O) groups is 2. The molecule has 0 radical (unpaired) electrons. The van der Waals surface area contributed by atoms with Crippen molar-refractivity contribution in [1.29, 1.82) is 0 Å². The molecule has 0 aromatic rings. The lowest BCUT2D eigenvalue weighted by atomic mass is 10.0. The predicted octanol–water partition coefficient (Wildman–Crippen LogP) is 6.71. The van der Waals surface area contributed by atoms with Gasteiger partial charge in [0.1, 0.15) is 5.60 Å². The number of hydrogen-bond donors (Lipinski definition) is 0. The zero-order valence-electron chi connectivity index (χ0n) is 20.8. The Labute approximate surface area is 191 Å². The van der Waals surface area contributed by atoms with Crippen LogP contribution in [0.1, 0.15) is 111 Å². The lowest BCUT2D eigenvalue weighted by molar-refractivity contribution is -0.133. The first kappa shape index (κ1) is 27.5. The van der Waals surface area contributed by atoms with Crippen LogP contribution >= 0.6 is 0 Å². The van der Waals surface area contributed by atoms with Crippen LogP contribution in [0.5, 0.6) is 0 Å². The minimum atomic E-state index is -0.476. The van der Waals surface area contributed by atoms with Crippen molar-refractivity contribution in [2.75, 3.05) is 26.2 Å². The third-order valence-electron chi connectivity index (χ3n) is 5.78. The second-order valence-electron chi connectivity index (χ2n) is 9.84. The van der Waals surface area contributed by atoms with Gasteiger partial charge in [0.05, 0.1) is 0 Å². The molecule has 1 rings (SSSR count). The number of nitrogens with zero attached hydrogens (tertiary/aromatic N) is 2. The van der Waals surface area contributed by atoms with Crippen LogP contribution in [0.25, 0.3) is 0 Å². The second kappa shape index (κ2) is 16.2. The number of carbonyl (C=O) groups excluding carboxylic acids is 2. The van der Waals surface area contributed by atoms with Crippen molar-refractivity contribution in [3.63, 3.8) is 0 Å². The molecule has 1 fully saturated rings. The van der Waals surface area contributed by atoms with E-state index in [1.807, 2.05) is 25.7 Å². The van der Waals surface area contributed by atoms with Crippen molar-refractivity contribution < 1.29 is 14.3 Å². The van der Waals surface area contributed by atoms with Crippen LogP contribution in [0.2, 0.25) is 0 Å². The average molecular weight is 437 g/mol. The third kappa shape index (κ3) is 14.2. The number of amides is 2. The summed E-state index contributed by atoms with van der Waals surface area (Å²) in [6.45, 7) is 10.1. The van der Waals surface area contributed by atoms with Gasteiger partial charge in [-0.1, -0.05) is 69.9 Å². The SMILES string of the molecule is C/C=C/CCCCCCCCCCCCCC(=O)N1CCN(C(=O)OC(C)(C)C)CC1. The fourth-order valence-corrected chi connectivity index (χ4v) is 3.92. The maximum Gasteiger partial charge on any atom is 0.410 e. The molecule has 0 unspecified atom stereocenters. The minimum Gasteiger partial charge on any atom is -0.444 e. The number of rotatable bonds is 14. The quantitative estimate of drug-likeness (QED) is 0.224. The molecule has 0 saturated carbocycles. The van der Waals surface area contributed by atoms with Gasteiger partial charge in [0.15, 0.2) is 0 Å². The third-order valence-corrected chi connectivity index (χ3v) is 5.78. The summed E-state index contributed by atoms with van der Waals surface area (Å²) < 4.78 is 5.41. The number of unbranched alkanes of at least 4 members (excludes halogenated alkanes) is 11. The highest BCUT2D eigenvalue weighted by molar-refractivity contribution is 5.76. The zero-order valence-corrected chi connectivity index (χ0v) is 20.8. The Hall–Kier alpha value is -1.52. The normalized spacial score (nSPS) is 15.0. The number of piperazine rings is 1. The number of hydrogen-bond acceptors (Lipinski definition) is 3. The molecule has 0 aromatic heterocycles. The van der Waals surface area contributed by atoms with E-state index in [1.165, 1.54) is 64.2 Å². The van der Waals surface area contributed by atoms with Crippen molar-refractivity contribution in [3.8, 4) is 0 Å². The van der Waals surface area contributed by atoms with E-state index in [9.17, 15) is 9.59 Å². The van der Waals surface area contributed by atoms with Gasteiger partial charge in [-0.3, -0.25) is 4.79 Å². The first-order valence-corrected chi connectivity index (χ1v) is 12.7. The van der Waals surface area contributed by atoms with Crippen LogP contribution in [-0.2, 0) is 9.53 Å². The van der Waals surface area contributed by atoms with Crippen molar-refractivity contribution in [3.05, 3.63) is 12.2 Å². The maximum absolute atomic E-state index is 12.4. The van der Waals surface area contributed by atoms with E-state index < -0.39 is 5.60 Å². The van der Waals surface area contributed by atoms with Gasteiger partial charge in [-0.2, -0.15) is 0 Å². The maximum atomic E-state index is 12.4. The highest BCUT2D eigenvalue weighted by Gasteiger charge is 2.27. The van der Waals surface area contributed by atoms with Crippen LogP contribution in [0, 0.1) is 0 Å². The lowest BCUT2D eigenvalue weighted by Gasteiger charge is -2.35. The summed E-state index contributed by atoms with van der Waals surface area (Å²) in [5.41, 5.74) is -0.476. The lowest BCUT2D eigenvalue weighted by Crippen LogP contribution is -2.51. The standard InChI is InChI=1S/C26H48N2O3/c1-5-6-7-8-9-10-11-12-13-14-15-16-17-18-19-24(29)27-20-22-28(23-21-27)25(30)31-26(2,3)4/h5-6H,7-23H2,1-4H3/b6-5+. The summed E-state index contributed by atoms with van der Waals surface area (Å²) in [7, 11) is 0. The predicted molar refractivity (Wildman–Crippen MR) is 129 cm³/mol. The molecular formula is C26H48N2O3. The van der Waals surface area contributed by atoms with Gasteiger partial charge in [-0.15, -0.1) is 0 Å². The minimum absolute atomic E-state index is 0.235. The molecule has 31 heavy (non-hydrogen) atoms. The number of allylic oxidation sites excluding steroid dienone is 2. The largest absolute Gasteiger partial charge is 0.444 e. The molecule has 1 saturated heterocycles. The first-order chi connectivity index (χ1) is 14.8. The number of ether oxygens (including phenoxy) is 1. The van der Waals surface area contributed by atoms with Crippen LogP contribution in [-0.4, -0.2) is 53.6 Å². The Balaban J connectivity index is 1.95. The summed E-state index contributed by atoms with van der Waals surface area (Å²) >= 11 is 0. The summed E-state index contributed by atoms with van der Waals surface area (Å²) in [6, 6.07) is 0. The Morgan fingerprint density at radius 2 is 1.19 bits per heavy atom. The molecule has 1 aliphatic heterocycles. The molecular weight excluding hydrogens is 388 g/mol. The Bertz CT molecular complexity index is 517. The molecule has 2 amide bonds. The van der Waals surface area contributed by atoms with E-state index in [-0.39, 0.29) is 12.0 Å². The molecule has 1 aliphatic rings. The molecule has 0 N–H and O–H groups in total. The van der Waals surface area contributed by atoms with Gasteiger partial charge < -0.3 is 14.5 Å². The van der Waals surface area contributed by atoms with E-state index in [0.29, 0.717) is 32.6 Å². The molecule has 1 heterocycles. The highest BCUT2D eigenvalue weighted by atomic mass is 16.6. The molecule has 0 aliphatic carbocycles. The Kier molecular flexibility index (Phi) is 14.3. The highest BCUT2D eigenvalue weighted by Crippen LogP contribution is 2.15. The molecule has 0 atom stereocenters. The fourth-order valence-electron chi connectivity index (χ4n) is 3.92. The molecule has 0 bridgehead atoms. The average Bonchev–Trinajstić information content (AvgIpc) is 2.72. The van der Waals surface area contributed by atoms with Gasteiger partial charge in [0.25, 0.3) is 0 Å². The molecule has 0 spiro atoms. The Morgan fingerprint density at radius 1 is 0.742 bits per heavy atom. The van der Waals surface area contributed by atoms with E-state index in [1.54, 1.807) is 4.90 Å². The van der Waals surface area contributed by atoms with Crippen LogP contribution in [0.15, 0.2) is 12.2 Å². The zero-order chi connectivity index (χ0) is 23.0. The molecule has 5 heteroatoms. The summed E-state index contributed by atoms with van der Waals surface area (Å²) in [5, 5.41) is 0. The van der Waals surface area contributed by atoms with Crippen molar-refractivity contribution in [2.45, 2.75) is 117 Å². The van der Waals surface area contributed by atoms with Gasteiger partial charge in [-0.05, 0) is 47.0 Å². The van der Waals surface area contributed by atoms with Gasteiger partial charge in [0, 0.05) is 32.6 Å². The van der Waals surface area contributed by atoms with E-state index in [4.69, 9.17) is 4.74 Å². The monoisotopic (exact) mass is 436 g/mol. The summed E-state index contributed by atoms with van der Waals surface area (Å²) in [5.74, 6) is 0.235. The van der Waals surface area contributed by atoms with Crippen LogP contribution in [0.4, 0.5) is 4.79 Å². The van der Waals surface area contributed by atoms with Crippen molar-refractivity contribution in [1.82, 2.24) is 9.80 Å². The molecule has 180 valence electrons. The van der Waals surface area contributed by atoms with E-state index in [2.05, 4.69) is 19.1 Å². The summed E-state index contributed by atoms with van der Waals surface area (Å²) in [4.78, 5) is 28.1. The summed E-state index contributed by atoms with van der Waals surface area (Å²) in [6.07, 6.45) is 20.2. The topological polar surface area (TPSA) is 49.9 Å². The fraction of sp³-hybridized carbons (Fsp3) is 0.846. The second-order valence-corrected chi connectivity index (χ2v) is 9.84. The molecule has 0 aromatic carbocycles. The Morgan fingerprint density at radius 3 is 1.68 bits per heavy atom. The molecule has 5 nitrogen and oxygen atoms in total. The van der Waals surface area contributed by atoms with Crippen LogP contribution < -0.4 is 0 Å². The van der Waals surface area contributed by atoms with Gasteiger partial charge in [-0.25, -0.2) is 4.79 Å².